The van der Waals surface area contributed by atoms with Crippen molar-refractivity contribution in [3.05, 3.63) is 0 Å². The van der Waals surface area contributed by atoms with Crippen molar-refractivity contribution in [3.8, 4) is 0 Å². The molecule has 0 fully saturated rings. The fourth-order valence-electron chi connectivity index (χ4n) is 0.750. The molecule has 7 heavy (non-hydrogen) atoms. The molecule has 0 aromatic rings. The molecule has 0 aliphatic rings. The van der Waals surface area contributed by atoms with Crippen LogP contribution in [0.4, 0.5) is 0 Å². The van der Waals surface area contributed by atoms with E-state index in [1.165, 1.54) is 12.6 Å². The third-order valence-corrected chi connectivity index (χ3v) is 3.00. The summed E-state index contributed by atoms with van der Waals surface area (Å²) in [6, 6.07) is 0. The molecule has 0 bridgehead atoms. The van der Waals surface area contributed by atoms with E-state index < -0.39 is 7.14 Å². The van der Waals surface area contributed by atoms with E-state index in [1.54, 1.807) is 0 Å². The van der Waals surface area contributed by atoms with Crippen molar-refractivity contribution in [2.75, 3.05) is 19.5 Å². The van der Waals surface area contributed by atoms with Crippen LogP contribution in [0.15, 0.2) is 0 Å². The van der Waals surface area contributed by atoms with Crippen LogP contribution in [0.2, 0.25) is 0 Å². The Bertz CT molecular complexity index is 46.5. The molecule has 0 saturated carbocycles. The van der Waals surface area contributed by atoms with Crippen molar-refractivity contribution in [1.29, 1.82) is 0 Å². The van der Waals surface area contributed by atoms with Crippen LogP contribution < -0.4 is 0 Å². The van der Waals surface area contributed by atoms with Crippen molar-refractivity contribution in [1.82, 2.24) is 0 Å². The number of hydrogen-bond donors (Lipinski definition) is 0. The molecule has 0 unspecified atom stereocenters. The molecule has 0 aromatic carbocycles. The van der Waals surface area contributed by atoms with Crippen molar-refractivity contribution < 1.29 is 0 Å². The summed E-state index contributed by atoms with van der Waals surface area (Å²) < 4.78 is 0. The molecule has 44 valence electrons. The summed E-state index contributed by atoms with van der Waals surface area (Å²) in [5.41, 5.74) is 0. The fraction of sp³-hybridized carbons (Fsp3) is 1.00. The Hall–Kier alpha value is 0.495. The molecule has 0 nitrogen and oxygen atoms in total. The zero-order chi connectivity index (χ0) is 5.91. The first-order valence-corrected chi connectivity index (χ1v) is 6.77. The Balaban J connectivity index is 3.15. The minimum atomic E-state index is -0.657. The van der Waals surface area contributed by atoms with E-state index >= 15 is 0 Å². The molecule has 0 heterocycles. The van der Waals surface area contributed by atoms with Gasteiger partial charge < -0.3 is 0 Å². The van der Waals surface area contributed by atoms with Crippen LogP contribution in [0.1, 0.15) is 13.3 Å². The van der Waals surface area contributed by atoms with E-state index in [-0.39, 0.29) is 0 Å². The Kier molecular flexibility index (Phi) is 2.91. The zero-order valence-electron chi connectivity index (χ0n) is 5.91. The van der Waals surface area contributed by atoms with Gasteiger partial charge in [0.1, 0.15) is 0 Å². The molecule has 0 radical (unpaired) electrons. The van der Waals surface area contributed by atoms with Gasteiger partial charge in [-0.2, -0.15) is 0 Å². The summed E-state index contributed by atoms with van der Waals surface area (Å²) in [5.74, 6) is 0. The zero-order valence-corrected chi connectivity index (χ0v) is 6.91. The third kappa shape index (κ3) is 6.49. The first-order chi connectivity index (χ1) is 3.06. The van der Waals surface area contributed by atoms with Gasteiger partial charge in [0.05, 0.1) is 0 Å². The van der Waals surface area contributed by atoms with Crippen LogP contribution >= 0.6 is 7.14 Å². The standard InChI is InChI=1S/C5H16BP/c1-4-5-7(2,3)6/h7H,4-6H2,1-3H3. The maximum atomic E-state index is 2.41. The molecular formula is C5H16BP. The molecule has 0 aliphatic heterocycles. The van der Waals surface area contributed by atoms with Gasteiger partial charge in [0, 0.05) is 0 Å². The summed E-state index contributed by atoms with van der Waals surface area (Å²) in [4.78, 5) is 0. The van der Waals surface area contributed by atoms with Gasteiger partial charge in [-0.25, -0.2) is 0 Å². The maximum absolute atomic E-state index is 2.41. The monoisotopic (exact) mass is 118 g/mol. The van der Waals surface area contributed by atoms with E-state index in [9.17, 15) is 0 Å². The second-order valence-corrected chi connectivity index (χ2v) is 8.93. The second kappa shape index (κ2) is 2.72. The summed E-state index contributed by atoms with van der Waals surface area (Å²) in [7, 11) is 1.76. The van der Waals surface area contributed by atoms with Crippen LogP contribution in [0, 0.1) is 0 Å². The van der Waals surface area contributed by atoms with Gasteiger partial charge in [-0.3, -0.25) is 0 Å². The third-order valence-electron chi connectivity index (χ3n) is 1.000. The second-order valence-electron chi connectivity index (χ2n) is 3.31. The predicted molar refractivity (Wildman–Crippen MR) is 43.9 cm³/mol. The van der Waals surface area contributed by atoms with E-state index in [0.29, 0.717) is 0 Å². The van der Waals surface area contributed by atoms with Crippen LogP contribution in [-0.2, 0) is 0 Å². The quantitative estimate of drug-likeness (QED) is 0.374. The molecule has 0 amide bonds. The van der Waals surface area contributed by atoms with Crippen LogP contribution in [-0.4, -0.2) is 27.1 Å². The fourth-order valence-corrected chi connectivity index (χ4v) is 2.25. The molecule has 0 rings (SSSR count). The molecule has 0 spiro atoms. The van der Waals surface area contributed by atoms with Gasteiger partial charge in [0.15, 0.2) is 0 Å². The molecule has 0 atom stereocenters. The van der Waals surface area contributed by atoms with E-state index in [0.717, 1.165) is 0 Å². The Morgan fingerprint density at radius 2 is 1.86 bits per heavy atom. The molecule has 0 aliphatic carbocycles. The normalized spacial score (nSPS) is 14.1. The molecule has 0 aromatic heterocycles. The van der Waals surface area contributed by atoms with E-state index in [2.05, 4.69) is 27.8 Å². The summed E-state index contributed by atoms with van der Waals surface area (Å²) in [6.07, 6.45) is 2.85. The van der Waals surface area contributed by atoms with Crippen molar-refractivity contribution in [2.24, 2.45) is 0 Å². The molecule has 0 saturated heterocycles. The average molecular weight is 118 g/mol. The van der Waals surface area contributed by atoms with Crippen molar-refractivity contribution >= 4 is 14.7 Å². The Morgan fingerprint density at radius 1 is 1.43 bits per heavy atom. The first-order valence-electron chi connectivity index (χ1n) is 3.06. The average Bonchev–Trinajstić information content (AvgIpc) is 1.30. The van der Waals surface area contributed by atoms with E-state index in [1.807, 2.05) is 0 Å². The van der Waals surface area contributed by atoms with E-state index in [4.69, 9.17) is 0 Å². The topological polar surface area (TPSA) is 0 Å². The Morgan fingerprint density at radius 3 is 1.86 bits per heavy atom. The summed E-state index contributed by atoms with van der Waals surface area (Å²) >= 11 is 0. The van der Waals surface area contributed by atoms with Gasteiger partial charge in [-0.15, -0.1) is 0 Å². The first kappa shape index (κ1) is 7.49. The predicted octanol–water partition coefficient (Wildman–Crippen LogP) is 0.954. The molecule has 2 heteroatoms. The summed E-state index contributed by atoms with van der Waals surface area (Å²) in [6.45, 7) is 7.09. The van der Waals surface area contributed by atoms with Crippen LogP contribution in [0.5, 0.6) is 0 Å². The van der Waals surface area contributed by atoms with Crippen molar-refractivity contribution in [2.45, 2.75) is 13.3 Å². The molecular weight excluding hydrogens is 102 g/mol. The van der Waals surface area contributed by atoms with Crippen molar-refractivity contribution in [3.63, 3.8) is 0 Å². The Labute approximate surface area is 48.4 Å². The minimum absolute atomic E-state index is 0.657. The number of rotatable bonds is 2. The summed E-state index contributed by atoms with van der Waals surface area (Å²) in [5, 5.41) is 0. The van der Waals surface area contributed by atoms with Gasteiger partial charge in [0.25, 0.3) is 0 Å². The van der Waals surface area contributed by atoms with Gasteiger partial charge in [-0.1, -0.05) is 0 Å². The van der Waals surface area contributed by atoms with Crippen LogP contribution in [0.25, 0.3) is 0 Å². The van der Waals surface area contributed by atoms with Gasteiger partial charge >= 0.3 is 47.5 Å². The SMILES string of the molecule is B[PH](C)(C)CCC. The van der Waals surface area contributed by atoms with Crippen LogP contribution in [0.3, 0.4) is 0 Å². The molecule has 0 N–H and O–H groups in total. The number of hydrogen-bond acceptors (Lipinski definition) is 0. The van der Waals surface area contributed by atoms with Gasteiger partial charge in [0.2, 0.25) is 0 Å². The van der Waals surface area contributed by atoms with Gasteiger partial charge in [-0.05, 0) is 0 Å².